The van der Waals surface area contributed by atoms with E-state index >= 15 is 0 Å². The Morgan fingerprint density at radius 1 is 1.50 bits per heavy atom. The van der Waals surface area contributed by atoms with Gasteiger partial charge in [-0.25, -0.2) is 4.98 Å². The Morgan fingerprint density at radius 3 is 3.09 bits per heavy atom. The second kappa shape index (κ2) is 6.80. The molecule has 1 atom stereocenters. The number of thioether (sulfide) groups is 1. The van der Waals surface area contributed by atoms with Gasteiger partial charge in [-0.3, -0.25) is 14.5 Å². The number of ether oxygens (including phenoxy) is 1. The first kappa shape index (κ1) is 15.5. The molecule has 1 saturated heterocycles. The Kier molecular flexibility index (Phi) is 4.80. The summed E-state index contributed by atoms with van der Waals surface area (Å²) in [4.78, 5) is 31.0. The largest absolute Gasteiger partial charge is 0.466 e. The molecule has 0 N–H and O–H groups in total. The van der Waals surface area contributed by atoms with Gasteiger partial charge in [-0.2, -0.15) is 0 Å². The number of nitrogens with zero attached hydrogens (tertiary/aromatic N) is 2. The lowest BCUT2D eigenvalue weighted by molar-refractivity contribution is -0.142. The lowest BCUT2D eigenvalue weighted by atomic mass is 10.3. The Morgan fingerprint density at radius 2 is 2.36 bits per heavy atom. The molecule has 8 heteroatoms. The van der Waals surface area contributed by atoms with E-state index in [0.717, 1.165) is 4.88 Å². The van der Waals surface area contributed by atoms with Gasteiger partial charge < -0.3 is 4.74 Å². The molecule has 0 spiro atoms. The van der Waals surface area contributed by atoms with E-state index in [1.165, 1.54) is 11.3 Å². The number of amides is 1. The zero-order chi connectivity index (χ0) is 15.5. The van der Waals surface area contributed by atoms with Crippen molar-refractivity contribution in [3.05, 3.63) is 33.5 Å². The van der Waals surface area contributed by atoms with Crippen molar-refractivity contribution in [2.24, 2.45) is 0 Å². The first-order valence-electron chi connectivity index (χ1n) is 6.76. The van der Waals surface area contributed by atoms with E-state index in [9.17, 15) is 9.59 Å². The molecule has 0 saturated carbocycles. The molecule has 1 aliphatic rings. The van der Waals surface area contributed by atoms with E-state index in [1.807, 2.05) is 22.9 Å². The molecule has 1 aliphatic heterocycles. The van der Waals surface area contributed by atoms with Gasteiger partial charge in [0.25, 0.3) is 0 Å². The van der Waals surface area contributed by atoms with Crippen molar-refractivity contribution in [3.63, 3.8) is 0 Å². The van der Waals surface area contributed by atoms with Crippen LogP contribution in [0.4, 0.5) is 5.13 Å². The third-order valence-corrected chi connectivity index (χ3v) is 6.19. The summed E-state index contributed by atoms with van der Waals surface area (Å²) in [6, 6.07) is 4.01. The van der Waals surface area contributed by atoms with Gasteiger partial charge in [0.05, 0.1) is 24.5 Å². The van der Waals surface area contributed by atoms with E-state index in [1.54, 1.807) is 34.9 Å². The minimum atomic E-state index is -0.295. The van der Waals surface area contributed by atoms with Crippen LogP contribution in [0.3, 0.4) is 0 Å². The van der Waals surface area contributed by atoms with Crippen LogP contribution in [0, 0.1) is 0 Å². The lowest BCUT2D eigenvalue weighted by Crippen LogP contribution is -2.27. The fraction of sp³-hybridized carbons (Fsp3) is 0.357. The highest BCUT2D eigenvalue weighted by atomic mass is 32.2. The number of aromatic nitrogens is 1. The first-order valence-corrected chi connectivity index (χ1v) is 9.57. The fourth-order valence-electron chi connectivity index (χ4n) is 2.12. The van der Waals surface area contributed by atoms with E-state index < -0.39 is 0 Å². The third kappa shape index (κ3) is 3.18. The average Bonchev–Trinajstić information content (AvgIpc) is 3.18. The zero-order valence-electron chi connectivity index (χ0n) is 11.9. The predicted molar refractivity (Wildman–Crippen MR) is 89.5 cm³/mol. The Hall–Kier alpha value is -1.38. The summed E-state index contributed by atoms with van der Waals surface area (Å²) in [5.41, 5.74) is 0.646. The van der Waals surface area contributed by atoms with Crippen LogP contribution in [0.2, 0.25) is 0 Å². The maximum atomic E-state index is 12.2. The summed E-state index contributed by atoms with van der Waals surface area (Å²) in [5, 5.41) is 4.45. The molecule has 3 heterocycles. The standard InChI is InChI=1S/C14H14N2O3S3/c1-2-19-12(18)6-9-7-22-14(15-9)16-11(17)8-21-13(16)10-4-3-5-20-10/h3-5,7,13H,2,6,8H2,1H3. The van der Waals surface area contributed by atoms with Gasteiger partial charge in [-0.05, 0) is 18.4 Å². The van der Waals surface area contributed by atoms with Crippen LogP contribution < -0.4 is 4.90 Å². The summed E-state index contributed by atoms with van der Waals surface area (Å²) in [7, 11) is 0. The van der Waals surface area contributed by atoms with Gasteiger partial charge in [0, 0.05) is 10.3 Å². The second-order valence-electron chi connectivity index (χ2n) is 4.55. The molecule has 22 heavy (non-hydrogen) atoms. The second-order valence-corrected chi connectivity index (χ2v) is 7.43. The Labute approximate surface area is 140 Å². The summed E-state index contributed by atoms with van der Waals surface area (Å²) >= 11 is 4.63. The fourth-order valence-corrected chi connectivity index (χ4v) is 5.17. The normalized spacial score (nSPS) is 18.0. The number of thiazole rings is 1. The topological polar surface area (TPSA) is 59.5 Å². The van der Waals surface area contributed by atoms with Crippen LogP contribution >= 0.6 is 34.4 Å². The van der Waals surface area contributed by atoms with Gasteiger partial charge >= 0.3 is 5.97 Å². The van der Waals surface area contributed by atoms with Crippen molar-refractivity contribution in [2.75, 3.05) is 17.3 Å². The summed E-state index contributed by atoms with van der Waals surface area (Å²) in [5.74, 6) is 0.215. The summed E-state index contributed by atoms with van der Waals surface area (Å²) in [6.45, 7) is 2.13. The molecule has 0 radical (unpaired) electrons. The van der Waals surface area contributed by atoms with Gasteiger partial charge in [0.1, 0.15) is 5.37 Å². The molecule has 1 unspecified atom stereocenters. The molecule has 2 aromatic rings. The highest BCUT2D eigenvalue weighted by molar-refractivity contribution is 8.01. The van der Waals surface area contributed by atoms with Gasteiger partial charge in [0.2, 0.25) is 5.91 Å². The SMILES string of the molecule is CCOC(=O)Cc1csc(N2C(=O)CSC2c2cccs2)n1. The maximum absolute atomic E-state index is 12.2. The molecule has 0 bridgehead atoms. The van der Waals surface area contributed by atoms with E-state index in [4.69, 9.17) is 4.74 Å². The van der Waals surface area contributed by atoms with Gasteiger partial charge in [0.15, 0.2) is 5.13 Å². The van der Waals surface area contributed by atoms with Crippen molar-refractivity contribution in [1.29, 1.82) is 0 Å². The summed E-state index contributed by atoms with van der Waals surface area (Å²) in [6.07, 6.45) is 0.142. The van der Waals surface area contributed by atoms with Crippen LogP contribution in [-0.2, 0) is 20.7 Å². The highest BCUT2D eigenvalue weighted by Gasteiger charge is 2.36. The Bertz CT molecular complexity index is 669. The van der Waals surface area contributed by atoms with E-state index in [-0.39, 0.29) is 23.7 Å². The van der Waals surface area contributed by atoms with Crippen molar-refractivity contribution < 1.29 is 14.3 Å². The smallest absolute Gasteiger partial charge is 0.311 e. The van der Waals surface area contributed by atoms with Crippen molar-refractivity contribution in [1.82, 2.24) is 4.98 Å². The number of hydrogen-bond acceptors (Lipinski definition) is 7. The molecule has 0 aromatic carbocycles. The lowest BCUT2D eigenvalue weighted by Gasteiger charge is -2.19. The van der Waals surface area contributed by atoms with Crippen LogP contribution in [-0.4, -0.2) is 29.2 Å². The quantitative estimate of drug-likeness (QED) is 0.772. The highest BCUT2D eigenvalue weighted by Crippen LogP contribution is 2.44. The minimum absolute atomic E-state index is 0.0194. The monoisotopic (exact) mass is 354 g/mol. The van der Waals surface area contributed by atoms with Gasteiger partial charge in [-0.15, -0.1) is 34.4 Å². The zero-order valence-corrected chi connectivity index (χ0v) is 14.3. The Balaban J connectivity index is 1.79. The molecule has 2 aromatic heterocycles. The van der Waals surface area contributed by atoms with Crippen LogP contribution in [0.5, 0.6) is 0 Å². The molecule has 1 fully saturated rings. The molecular formula is C14H14N2O3S3. The molecule has 5 nitrogen and oxygen atoms in total. The van der Waals surface area contributed by atoms with Crippen molar-refractivity contribution in [3.8, 4) is 0 Å². The number of esters is 1. The first-order chi connectivity index (χ1) is 10.7. The molecule has 3 rings (SSSR count). The number of carbonyl (C=O) groups is 2. The summed E-state index contributed by atoms with van der Waals surface area (Å²) < 4.78 is 4.92. The predicted octanol–water partition coefficient (Wildman–Crippen LogP) is 3.09. The number of thiophene rings is 1. The van der Waals surface area contributed by atoms with Crippen LogP contribution in [0.25, 0.3) is 0 Å². The number of anilines is 1. The molecular weight excluding hydrogens is 340 g/mol. The number of rotatable bonds is 5. The van der Waals surface area contributed by atoms with Crippen LogP contribution in [0.1, 0.15) is 22.9 Å². The minimum Gasteiger partial charge on any atom is -0.466 e. The number of carbonyl (C=O) groups excluding carboxylic acids is 2. The van der Waals surface area contributed by atoms with E-state index in [2.05, 4.69) is 4.98 Å². The van der Waals surface area contributed by atoms with Crippen molar-refractivity contribution >= 4 is 51.4 Å². The molecule has 116 valence electrons. The van der Waals surface area contributed by atoms with Crippen molar-refractivity contribution in [2.45, 2.75) is 18.7 Å². The average molecular weight is 354 g/mol. The molecule has 0 aliphatic carbocycles. The van der Waals surface area contributed by atoms with Gasteiger partial charge in [-0.1, -0.05) is 6.07 Å². The van der Waals surface area contributed by atoms with E-state index in [0.29, 0.717) is 23.2 Å². The molecule has 1 amide bonds. The third-order valence-electron chi connectivity index (χ3n) is 3.03. The maximum Gasteiger partial charge on any atom is 0.311 e. The van der Waals surface area contributed by atoms with Crippen LogP contribution in [0.15, 0.2) is 22.9 Å². The number of hydrogen-bond donors (Lipinski definition) is 0.